The Morgan fingerprint density at radius 2 is 2.00 bits per heavy atom. The lowest BCUT2D eigenvalue weighted by Crippen LogP contribution is -2.36. The summed E-state index contributed by atoms with van der Waals surface area (Å²) in [6.07, 6.45) is 0.468. The Morgan fingerprint density at radius 3 is 2.74 bits per heavy atom. The van der Waals surface area contributed by atoms with E-state index in [4.69, 9.17) is 21.1 Å². The highest BCUT2D eigenvalue weighted by molar-refractivity contribution is 6.32. The van der Waals surface area contributed by atoms with Crippen LogP contribution >= 0.6 is 11.6 Å². The third kappa shape index (κ3) is 3.59. The monoisotopic (exact) mass is 331 g/mol. The van der Waals surface area contributed by atoms with Gasteiger partial charge in [-0.2, -0.15) is 0 Å². The van der Waals surface area contributed by atoms with Gasteiger partial charge in [0.2, 0.25) is 0 Å². The fourth-order valence-electron chi connectivity index (χ4n) is 2.68. The van der Waals surface area contributed by atoms with Gasteiger partial charge in [0.15, 0.2) is 0 Å². The fraction of sp³-hybridized carbons (Fsp3) is 0.278. The Kier molecular flexibility index (Phi) is 4.72. The lowest BCUT2D eigenvalue weighted by molar-refractivity contribution is 0.0918. The first kappa shape index (κ1) is 15.7. The van der Waals surface area contributed by atoms with Crippen LogP contribution in [0.1, 0.15) is 16.7 Å². The van der Waals surface area contributed by atoms with Crippen LogP contribution in [0.2, 0.25) is 5.02 Å². The van der Waals surface area contributed by atoms with Crippen molar-refractivity contribution in [1.82, 2.24) is 4.90 Å². The highest BCUT2D eigenvalue weighted by Gasteiger charge is 2.23. The van der Waals surface area contributed by atoms with E-state index in [0.717, 1.165) is 17.5 Å². The quantitative estimate of drug-likeness (QED) is 0.852. The largest absolute Gasteiger partial charge is 0.495 e. The summed E-state index contributed by atoms with van der Waals surface area (Å²) in [5.74, 6) is 0.672. The molecule has 0 aromatic heterocycles. The summed E-state index contributed by atoms with van der Waals surface area (Å²) < 4.78 is 10.6. The highest BCUT2D eigenvalue weighted by Crippen LogP contribution is 2.31. The molecule has 0 spiro atoms. The number of carbonyl (C=O) groups excluding carboxylic acids is 1. The molecule has 0 saturated heterocycles. The average Bonchev–Trinajstić information content (AvgIpc) is 2.59. The summed E-state index contributed by atoms with van der Waals surface area (Å²) >= 11 is 6.17. The van der Waals surface area contributed by atoms with Crippen molar-refractivity contribution in [2.24, 2.45) is 0 Å². The molecule has 5 heteroatoms. The molecule has 0 bridgehead atoms. The average molecular weight is 332 g/mol. The van der Waals surface area contributed by atoms with Crippen molar-refractivity contribution in [3.8, 4) is 5.75 Å². The molecule has 0 atom stereocenters. The number of nitrogens with zero attached hydrogens (tertiary/aromatic N) is 1. The second-order valence-electron chi connectivity index (χ2n) is 5.47. The molecule has 0 radical (unpaired) electrons. The molecule has 1 aliphatic rings. The van der Waals surface area contributed by atoms with E-state index < -0.39 is 0 Å². The van der Waals surface area contributed by atoms with Crippen LogP contribution in [0.5, 0.6) is 5.75 Å². The Bertz CT molecular complexity index is 703. The molecule has 4 nitrogen and oxygen atoms in total. The van der Waals surface area contributed by atoms with Gasteiger partial charge in [0.1, 0.15) is 12.4 Å². The van der Waals surface area contributed by atoms with E-state index in [1.165, 1.54) is 5.56 Å². The Hall–Kier alpha value is -2.20. The first-order valence-electron chi connectivity index (χ1n) is 7.48. The number of rotatable bonds is 3. The molecular weight excluding hydrogens is 314 g/mol. The van der Waals surface area contributed by atoms with Crippen LogP contribution in [0.3, 0.4) is 0 Å². The van der Waals surface area contributed by atoms with Crippen LogP contribution in [0.15, 0.2) is 42.5 Å². The minimum Gasteiger partial charge on any atom is -0.495 e. The molecule has 0 unspecified atom stereocenters. The maximum atomic E-state index is 12.2. The van der Waals surface area contributed by atoms with E-state index in [0.29, 0.717) is 23.9 Å². The lowest BCUT2D eigenvalue weighted by Gasteiger charge is -2.28. The summed E-state index contributed by atoms with van der Waals surface area (Å²) in [6, 6.07) is 13.5. The predicted molar refractivity (Wildman–Crippen MR) is 88.7 cm³/mol. The predicted octanol–water partition coefficient (Wildman–Crippen LogP) is 4.04. The van der Waals surface area contributed by atoms with Crippen LogP contribution in [0, 0.1) is 0 Å². The molecule has 2 aromatic rings. The van der Waals surface area contributed by atoms with Crippen molar-refractivity contribution in [3.05, 3.63) is 64.2 Å². The molecular formula is C18H18ClNO3. The van der Waals surface area contributed by atoms with Gasteiger partial charge in [-0.25, -0.2) is 4.79 Å². The minimum absolute atomic E-state index is 0.284. The second kappa shape index (κ2) is 6.92. The number of amides is 1. The first-order valence-corrected chi connectivity index (χ1v) is 7.86. The van der Waals surface area contributed by atoms with Crippen molar-refractivity contribution in [2.45, 2.75) is 19.6 Å². The van der Waals surface area contributed by atoms with Gasteiger partial charge in [0, 0.05) is 13.1 Å². The summed E-state index contributed by atoms with van der Waals surface area (Å²) in [5.41, 5.74) is 3.18. The van der Waals surface area contributed by atoms with E-state index in [1.807, 2.05) is 42.5 Å². The van der Waals surface area contributed by atoms with Crippen LogP contribution in [-0.4, -0.2) is 24.6 Å². The summed E-state index contributed by atoms with van der Waals surface area (Å²) in [7, 11) is 1.60. The second-order valence-corrected chi connectivity index (χ2v) is 5.87. The van der Waals surface area contributed by atoms with Crippen molar-refractivity contribution in [2.75, 3.05) is 13.7 Å². The zero-order valence-electron chi connectivity index (χ0n) is 12.9. The van der Waals surface area contributed by atoms with E-state index in [-0.39, 0.29) is 12.7 Å². The number of methoxy groups -OCH3 is 1. The molecule has 3 rings (SSSR count). The normalized spacial score (nSPS) is 13.4. The number of hydrogen-bond donors (Lipinski definition) is 0. The standard InChI is InChI=1S/C18H18ClNO3/c1-22-17-10-14-7-8-20(11-15(14)9-16(17)19)18(21)23-12-13-5-3-2-4-6-13/h2-6,9-10H,7-8,11-12H2,1H3. The number of halogens is 1. The van der Waals surface area contributed by atoms with Crippen molar-refractivity contribution >= 4 is 17.7 Å². The molecule has 23 heavy (non-hydrogen) atoms. The van der Waals surface area contributed by atoms with Crippen molar-refractivity contribution in [3.63, 3.8) is 0 Å². The van der Waals surface area contributed by atoms with Gasteiger partial charge in [-0.15, -0.1) is 0 Å². The zero-order chi connectivity index (χ0) is 16.2. The van der Waals surface area contributed by atoms with Crippen molar-refractivity contribution < 1.29 is 14.3 Å². The SMILES string of the molecule is COc1cc2c(cc1Cl)CN(C(=O)OCc1ccccc1)CC2. The number of carbonyl (C=O) groups is 1. The van der Waals surface area contributed by atoms with Crippen LogP contribution in [-0.2, 0) is 24.3 Å². The van der Waals surface area contributed by atoms with Gasteiger partial charge in [0.05, 0.1) is 12.1 Å². The van der Waals surface area contributed by atoms with Gasteiger partial charge in [0.25, 0.3) is 0 Å². The van der Waals surface area contributed by atoms with Gasteiger partial charge in [-0.1, -0.05) is 41.9 Å². The Labute approximate surface area is 140 Å². The summed E-state index contributed by atoms with van der Waals surface area (Å²) in [6.45, 7) is 1.42. The number of benzene rings is 2. The van der Waals surface area contributed by atoms with Gasteiger partial charge in [-0.05, 0) is 35.2 Å². The third-order valence-electron chi connectivity index (χ3n) is 3.95. The van der Waals surface area contributed by atoms with Gasteiger partial charge < -0.3 is 14.4 Å². The molecule has 120 valence electrons. The van der Waals surface area contributed by atoms with E-state index in [1.54, 1.807) is 12.0 Å². The number of fused-ring (bicyclic) bond motifs is 1. The molecule has 2 aromatic carbocycles. The molecule has 1 amide bonds. The Morgan fingerprint density at radius 1 is 1.22 bits per heavy atom. The van der Waals surface area contributed by atoms with E-state index in [9.17, 15) is 4.79 Å². The van der Waals surface area contributed by atoms with E-state index >= 15 is 0 Å². The topological polar surface area (TPSA) is 38.8 Å². The summed E-state index contributed by atoms with van der Waals surface area (Å²) in [4.78, 5) is 13.9. The van der Waals surface area contributed by atoms with Crippen molar-refractivity contribution in [1.29, 1.82) is 0 Å². The fourth-order valence-corrected chi connectivity index (χ4v) is 2.94. The van der Waals surface area contributed by atoms with E-state index in [2.05, 4.69) is 0 Å². The number of ether oxygens (including phenoxy) is 2. The van der Waals surface area contributed by atoms with Crippen LogP contribution < -0.4 is 4.74 Å². The third-order valence-corrected chi connectivity index (χ3v) is 4.25. The van der Waals surface area contributed by atoms with Crippen LogP contribution in [0.4, 0.5) is 4.79 Å². The van der Waals surface area contributed by atoms with Gasteiger partial charge in [-0.3, -0.25) is 0 Å². The molecule has 0 saturated carbocycles. The molecule has 0 fully saturated rings. The molecule has 1 aliphatic heterocycles. The number of hydrogen-bond acceptors (Lipinski definition) is 3. The molecule has 1 heterocycles. The van der Waals surface area contributed by atoms with Gasteiger partial charge >= 0.3 is 6.09 Å². The lowest BCUT2D eigenvalue weighted by atomic mass is 10.00. The molecule has 0 aliphatic carbocycles. The minimum atomic E-state index is -0.300. The maximum absolute atomic E-state index is 12.2. The highest BCUT2D eigenvalue weighted by atomic mass is 35.5. The Balaban J connectivity index is 1.64. The van der Waals surface area contributed by atoms with Crippen LogP contribution in [0.25, 0.3) is 0 Å². The molecule has 0 N–H and O–H groups in total. The maximum Gasteiger partial charge on any atom is 0.410 e. The summed E-state index contributed by atoms with van der Waals surface area (Å²) in [5, 5.41) is 0.561. The smallest absolute Gasteiger partial charge is 0.410 e. The zero-order valence-corrected chi connectivity index (χ0v) is 13.7. The first-order chi connectivity index (χ1) is 11.2.